The van der Waals surface area contributed by atoms with E-state index >= 15 is 0 Å². The van der Waals surface area contributed by atoms with Crippen molar-refractivity contribution >= 4 is 55.1 Å². The molecular formula is C24H31BrClN3O5S. The fourth-order valence-corrected chi connectivity index (χ4v) is 4.63. The van der Waals surface area contributed by atoms with Gasteiger partial charge in [0.1, 0.15) is 18.3 Å². The summed E-state index contributed by atoms with van der Waals surface area (Å²) in [5.41, 5.74) is 0.494. The van der Waals surface area contributed by atoms with E-state index in [0.29, 0.717) is 5.75 Å². The van der Waals surface area contributed by atoms with Crippen LogP contribution >= 0.6 is 27.5 Å². The molecule has 1 N–H and O–H groups in total. The summed E-state index contributed by atoms with van der Waals surface area (Å²) < 4.78 is 32.2. The second kappa shape index (κ2) is 11.6. The molecule has 0 fully saturated rings. The Morgan fingerprint density at radius 1 is 1.14 bits per heavy atom. The summed E-state index contributed by atoms with van der Waals surface area (Å²) in [4.78, 5) is 27.8. The Bertz CT molecular complexity index is 1170. The van der Waals surface area contributed by atoms with E-state index in [2.05, 4.69) is 21.2 Å². The zero-order valence-electron chi connectivity index (χ0n) is 20.6. The Morgan fingerprint density at radius 2 is 1.74 bits per heavy atom. The van der Waals surface area contributed by atoms with Crippen molar-refractivity contribution in [2.45, 2.75) is 45.8 Å². The van der Waals surface area contributed by atoms with Crippen LogP contribution in [0.1, 0.15) is 33.3 Å². The van der Waals surface area contributed by atoms with Crippen molar-refractivity contribution in [3.63, 3.8) is 0 Å². The molecule has 8 nitrogen and oxygen atoms in total. The largest absolute Gasteiger partial charge is 0.495 e. The van der Waals surface area contributed by atoms with E-state index in [1.165, 1.54) is 30.2 Å². The number of sulfonamides is 1. The molecule has 0 radical (unpaired) electrons. The molecule has 0 spiro atoms. The average molecular weight is 589 g/mol. The smallest absolute Gasteiger partial charge is 0.244 e. The number of hydrogen-bond acceptors (Lipinski definition) is 5. The molecule has 0 bridgehead atoms. The second-order valence-electron chi connectivity index (χ2n) is 9.15. The minimum Gasteiger partial charge on any atom is -0.495 e. The Morgan fingerprint density at radius 3 is 2.23 bits per heavy atom. The summed E-state index contributed by atoms with van der Waals surface area (Å²) in [6, 6.07) is 10.9. The van der Waals surface area contributed by atoms with Crippen LogP contribution in [0.15, 0.2) is 46.9 Å². The summed E-state index contributed by atoms with van der Waals surface area (Å²) in [5, 5.41) is 3.09. The van der Waals surface area contributed by atoms with Gasteiger partial charge in [-0.3, -0.25) is 13.9 Å². The average Bonchev–Trinajstić information content (AvgIpc) is 2.74. The molecule has 11 heteroatoms. The molecule has 2 amide bonds. The van der Waals surface area contributed by atoms with Crippen LogP contribution in [0.5, 0.6) is 5.75 Å². The molecule has 0 aliphatic heterocycles. The molecule has 0 aliphatic carbocycles. The molecule has 0 aromatic heterocycles. The lowest BCUT2D eigenvalue weighted by Gasteiger charge is -2.33. The maximum atomic E-state index is 13.5. The van der Waals surface area contributed by atoms with Gasteiger partial charge < -0.3 is 15.0 Å². The minimum absolute atomic E-state index is 0.117. The Kier molecular flexibility index (Phi) is 9.61. The van der Waals surface area contributed by atoms with Gasteiger partial charge in [0.25, 0.3) is 0 Å². The third kappa shape index (κ3) is 8.40. The van der Waals surface area contributed by atoms with Crippen molar-refractivity contribution in [3.8, 4) is 5.75 Å². The van der Waals surface area contributed by atoms with E-state index in [1.807, 2.05) is 45.0 Å². The first-order valence-electron chi connectivity index (χ1n) is 10.8. The summed E-state index contributed by atoms with van der Waals surface area (Å²) >= 11 is 9.58. The SMILES string of the molecule is COc1ccc(N(CC(=O)N(Cc2ccc(Br)cc2)C(C)C(=O)NC(C)(C)C)S(C)(=O)=O)cc1Cl. The number of anilines is 1. The van der Waals surface area contributed by atoms with Gasteiger partial charge in [0, 0.05) is 16.6 Å². The quantitative estimate of drug-likeness (QED) is 0.474. The predicted molar refractivity (Wildman–Crippen MR) is 142 cm³/mol. The van der Waals surface area contributed by atoms with E-state index in [4.69, 9.17) is 16.3 Å². The molecule has 35 heavy (non-hydrogen) atoms. The van der Waals surface area contributed by atoms with Crippen molar-refractivity contribution in [2.24, 2.45) is 0 Å². The Balaban J connectivity index is 2.42. The molecular weight excluding hydrogens is 558 g/mol. The lowest BCUT2D eigenvalue weighted by atomic mass is 10.1. The Labute approximate surface area is 220 Å². The number of amides is 2. The van der Waals surface area contributed by atoms with Gasteiger partial charge in [0.15, 0.2) is 0 Å². The molecule has 0 heterocycles. The molecule has 2 aromatic rings. The number of halogens is 2. The van der Waals surface area contributed by atoms with Gasteiger partial charge in [-0.25, -0.2) is 8.42 Å². The number of ether oxygens (including phenoxy) is 1. The molecule has 0 aliphatic rings. The lowest BCUT2D eigenvalue weighted by Crippen LogP contribution is -2.54. The van der Waals surface area contributed by atoms with Gasteiger partial charge in [0.05, 0.1) is 24.1 Å². The van der Waals surface area contributed by atoms with Crippen LogP contribution in [0, 0.1) is 0 Å². The van der Waals surface area contributed by atoms with Crippen LogP contribution in [-0.2, 0) is 26.2 Å². The topological polar surface area (TPSA) is 96.0 Å². The number of carbonyl (C=O) groups is 2. The fraction of sp³-hybridized carbons (Fsp3) is 0.417. The highest BCUT2D eigenvalue weighted by Gasteiger charge is 2.31. The van der Waals surface area contributed by atoms with Crippen molar-refractivity contribution in [3.05, 3.63) is 57.5 Å². The lowest BCUT2D eigenvalue weighted by molar-refractivity contribution is -0.140. The van der Waals surface area contributed by atoms with E-state index in [1.54, 1.807) is 6.92 Å². The predicted octanol–water partition coefficient (Wildman–Crippen LogP) is 4.21. The third-order valence-electron chi connectivity index (χ3n) is 5.03. The maximum Gasteiger partial charge on any atom is 0.244 e. The van der Waals surface area contributed by atoms with Crippen LogP contribution in [0.4, 0.5) is 5.69 Å². The summed E-state index contributed by atoms with van der Waals surface area (Å²) in [6.45, 7) is 6.76. The van der Waals surface area contributed by atoms with Crippen molar-refractivity contribution in [1.29, 1.82) is 0 Å². The molecule has 2 rings (SSSR count). The first-order chi connectivity index (χ1) is 16.1. The normalized spacial score (nSPS) is 12.6. The summed E-state index contributed by atoms with van der Waals surface area (Å²) in [7, 11) is -2.41. The number of nitrogens with one attached hydrogen (secondary N) is 1. The van der Waals surface area contributed by atoms with E-state index < -0.39 is 34.1 Å². The van der Waals surface area contributed by atoms with Crippen LogP contribution in [-0.4, -0.2) is 56.6 Å². The fourth-order valence-electron chi connectivity index (χ4n) is 3.27. The van der Waals surface area contributed by atoms with Crippen molar-refractivity contribution in [2.75, 3.05) is 24.2 Å². The number of methoxy groups -OCH3 is 1. The molecule has 2 aromatic carbocycles. The van der Waals surface area contributed by atoms with E-state index in [9.17, 15) is 18.0 Å². The van der Waals surface area contributed by atoms with Crippen LogP contribution in [0.25, 0.3) is 0 Å². The highest BCUT2D eigenvalue weighted by atomic mass is 79.9. The van der Waals surface area contributed by atoms with Gasteiger partial charge in [0.2, 0.25) is 21.8 Å². The number of rotatable bonds is 9. The van der Waals surface area contributed by atoms with E-state index in [-0.39, 0.29) is 23.2 Å². The van der Waals surface area contributed by atoms with Crippen LogP contribution < -0.4 is 14.4 Å². The highest BCUT2D eigenvalue weighted by molar-refractivity contribution is 9.10. The summed E-state index contributed by atoms with van der Waals surface area (Å²) in [6.07, 6.45) is 1.01. The van der Waals surface area contributed by atoms with Crippen molar-refractivity contribution in [1.82, 2.24) is 10.2 Å². The van der Waals surface area contributed by atoms with Gasteiger partial charge in [-0.1, -0.05) is 39.7 Å². The zero-order valence-corrected chi connectivity index (χ0v) is 23.8. The molecule has 0 saturated heterocycles. The molecule has 0 saturated carbocycles. The standard InChI is InChI=1S/C24H31BrClN3O5S/c1-16(23(31)27-24(2,3)4)28(14-17-7-9-18(25)10-8-17)22(30)15-29(35(6,32)33)19-11-12-21(34-5)20(26)13-19/h7-13,16H,14-15H2,1-6H3,(H,27,31). The van der Waals surface area contributed by atoms with Gasteiger partial charge in [-0.15, -0.1) is 0 Å². The molecule has 1 unspecified atom stereocenters. The zero-order chi connectivity index (χ0) is 26.6. The van der Waals surface area contributed by atoms with Gasteiger partial charge >= 0.3 is 0 Å². The van der Waals surface area contributed by atoms with Crippen LogP contribution in [0.3, 0.4) is 0 Å². The second-order valence-corrected chi connectivity index (χ2v) is 12.4. The maximum absolute atomic E-state index is 13.5. The van der Waals surface area contributed by atoms with Gasteiger partial charge in [-0.05, 0) is 63.6 Å². The minimum atomic E-state index is -3.86. The number of hydrogen-bond donors (Lipinski definition) is 1. The van der Waals surface area contributed by atoms with E-state index in [0.717, 1.165) is 20.6 Å². The number of benzene rings is 2. The third-order valence-corrected chi connectivity index (χ3v) is 7.00. The number of nitrogens with zero attached hydrogens (tertiary/aromatic N) is 2. The Hall–Kier alpha value is -2.30. The first kappa shape index (κ1) is 28.9. The van der Waals surface area contributed by atoms with Crippen LogP contribution in [0.2, 0.25) is 5.02 Å². The highest BCUT2D eigenvalue weighted by Crippen LogP contribution is 2.30. The van der Waals surface area contributed by atoms with Crippen molar-refractivity contribution < 1.29 is 22.7 Å². The van der Waals surface area contributed by atoms with Gasteiger partial charge in [-0.2, -0.15) is 0 Å². The monoisotopic (exact) mass is 587 g/mol. The molecule has 1 atom stereocenters. The number of carbonyl (C=O) groups excluding carboxylic acids is 2. The summed E-state index contributed by atoms with van der Waals surface area (Å²) in [5.74, 6) is -0.511. The molecule has 192 valence electrons. The first-order valence-corrected chi connectivity index (χ1v) is 13.8.